The highest BCUT2D eigenvalue weighted by atomic mass is 32.2. The number of aliphatic hydroxyl groups excluding tert-OH is 1. The van der Waals surface area contributed by atoms with Crippen LogP contribution >= 0.6 is 11.8 Å². The number of carbonyl (C=O) groups is 4. The quantitative estimate of drug-likeness (QED) is 0.0464. The van der Waals surface area contributed by atoms with Crippen LogP contribution in [0.15, 0.2) is 4.99 Å². The van der Waals surface area contributed by atoms with Gasteiger partial charge in [0.25, 0.3) is 0 Å². The largest absolute Gasteiger partial charge is 0.480 e. The highest BCUT2D eigenvalue weighted by Gasteiger charge is 2.29. The van der Waals surface area contributed by atoms with Crippen molar-refractivity contribution in [1.82, 2.24) is 16.0 Å². The molecule has 0 radical (unpaired) electrons. The Morgan fingerprint density at radius 3 is 2.00 bits per heavy atom. The summed E-state index contributed by atoms with van der Waals surface area (Å²) in [4.78, 5) is 53.1. The molecule has 202 valence electrons. The lowest BCUT2D eigenvalue weighted by molar-refractivity contribution is -0.142. The molecule has 0 bridgehead atoms. The number of aliphatic imine (C=N–C) groups is 1. The number of rotatable bonds is 19. The molecule has 0 aliphatic heterocycles. The summed E-state index contributed by atoms with van der Waals surface area (Å²) in [5.41, 5.74) is 21.9. The molecule has 0 aromatic rings. The fraction of sp³-hybridized carbons (Fsp3) is 0.750. The van der Waals surface area contributed by atoms with Gasteiger partial charge >= 0.3 is 5.97 Å². The lowest BCUT2D eigenvalue weighted by Gasteiger charge is -2.24. The molecule has 14 nitrogen and oxygen atoms in total. The van der Waals surface area contributed by atoms with E-state index >= 15 is 0 Å². The number of thioether (sulfide) groups is 1. The van der Waals surface area contributed by atoms with Crippen molar-refractivity contribution in [3.8, 4) is 0 Å². The Morgan fingerprint density at radius 2 is 1.46 bits per heavy atom. The number of guanidine groups is 1. The predicted molar refractivity (Wildman–Crippen MR) is 134 cm³/mol. The van der Waals surface area contributed by atoms with E-state index in [1.54, 1.807) is 0 Å². The maximum atomic E-state index is 12.9. The number of hydrogen-bond donors (Lipinski definition) is 9. The zero-order chi connectivity index (χ0) is 26.8. The van der Waals surface area contributed by atoms with Crippen LogP contribution in [0.5, 0.6) is 0 Å². The average Bonchev–Trinajstić information content (AvgIpc) is 2.81. The molecule has 3 amide bonds. The Balaban J connectivity index is 5.27. The SMILES string of the molecule is CSCCC(N)C(=O)NC(CCCN=C(N)N)C(=O)NC(CO)C(=O)NC(CCCCN)C(=O)O. The molecule has 4 atom stereocenters. The third kappa shape index (κ3) is 14.4. The van der Waals surface area contributed by atoms with Crippen molar-refractivity contribution < 1.29 is 29.4 Å². The average molecular weight is 521 g/mol. The summed E-state index contributed by atoms with van der Waals surface area (Å²) in [5, 5.41) is 26.2. The number of nitrogens with two attached hydrogens (primary N) is 4. The van der Waals surface area contributed by atoms with Gasteiger partial charge in [-0.3, -0.25) is 19.4 Å². The Morgan fingerprint density at radius 1 is 0.886 bits per heavy atom. The first-order chi connectivity index (χ1) is 16.6. The molecule has 0 heterocycles. The first-order valence-electron chi connectivity index (χ1n) is 11.3. The number of aliphatic hydroxyl groups is 1. The second-order valence-electron chi connectivity index (χ2n) is 7.83. The summed E-state index contributed by atoms with van der Waals surface area (Å²) in [5.74, 6) is -2.88. The first-order valence-corrected chi connectivity index (χ1v) is 12.7. The van der Waals surface area contributed by atoms with Crippen molar-refractivity contribution in [2.75, 3.05) is 31.7 Å². The van der Waals surface area contributed by atoms with Crippen LogP contribution in [0.3, 0.4) is 0 Å². The van der Waals surface area contributed by atoms with E-state index in [-0.39, 0.29) is 25.3 Å². The lowest BCUT2D eigenvalue weighted by atomic mass is 10.1. The Bertz CT molecular complexity index is 707. The van der Waals surface area contributed by atoms with Crippen LogP contribution in [-0.4, -0.2) is 95.7 Å². The first kappa shape index (κ1) is 32.4. The highest BCUT2D eigenvalue weighted by molar-refractivity contribution is 7.98. The molecule has 0 aliphatic carbocycles. The van der Waals surface area contributed by atoms with Crippen LogP contribution in [0, 0.1) is 0 Å². The topological polar surface area (TPSA) is 261 Å². The number of nitrogens with zero attached hydrogens (tertiary/aromatic N) is 1. The number of nitrogens with one attached hydrogen (secondary N) is 3. The van der Waals surface area contributed by atoms with Gasteiger partial charge < -0.3 is 49.1 Å². The summed E-state index contributed by atoms with van der Waals surface area (Å²) in [6.45, 7) is -0.199. The normalized spacial score (nSPS) is 14.2. The Hall–Kier alpha value is -2.62. The number of carboxylic acids is 1. The zero-order valence-electron chi connectivity index (χ0n) is 20.1. The van der Waals surface area contributed by atoms with E-state index in [2.05, 4.69) is 20.9 Å². The molecule has 0 aromatic heterocycles. The molecule has 0 fully saturated rings. The predicted octanol–water partition coefficient (Wildman–Crippen LogP) is -3.22. The molecular weight excluding hydrogens is 480 g/mol. The third-order valence-corrected chi connectivity index (χ3v) is 5.57. The van der Waals surface area contributed by atoms with Gasteiger partial charge in [-0.05, 0) is 57.1 Å². The van der Waals surface area contributed by atoms with Gasteiger partial charge in [0.15, 0.2) is 5.96 Å². The molecule has 4 unspecified atom stereocenters. The monoisotopic (exact) mass is 520 g/mol. The summed E-state index contributed by atoms with van der Waals surface area (Å²) in [6.07, 6.45) is 3.93. The minimum atomic E-state index is -1.43. The standard InChI is InChI=1S/C20H40N8O6S/c1-35-10-7-12(22)16(30)26-13(6-4-9-25-20(23)24)17(31)28-15(11-29)18(32)27-14(19(33)34)5-2-3-8-21/h12-15,29H,2-11,21-22H2,1H3,(H,26,30)(H,27,32)(H,28,31)(H,33,34)(H4,23,24,25). The minimum Gasteiger partial charge on any atom is -0.480 e. The van der Waals surface area contributed by atoms with E-state index in [1.807, 2.05) is 6.26 Å². The van der Waals surface area contributed by atoms with Crippen molar-refractivity contribution >= 4 is 41.4 Å². The van der Waals surface area contributed by atoms with Crippen molar-refractivity contribution in [3.63, 3.8) is 0 Å². The number of aliphatic carboxylic acids is 1. The van der Waals surface area contributed by atoms with Crippen LogP contribution in [-0.2, 0) is 19.2 Å². The van der Waals surface area contributed by atoms with E-state index in [1.165, 1.54) is 11.8 Å². The number of amides is 3. The van der Waals surface area contributed by atoms with Gasteiger partial charge in [0, 0.05) is 6.54 Å². The molecule has 35 heavy (non-hydrogen) atoms. The molecule has 0 aromatic carbocycles. The van der Waals surface area contributed by atoms with Crippen molar-refractivity contribution in [3.05, 3.63) is 0 Å². The van der Waals surface area contributed by atoms with Crippen molar-refractivity contribution in [2.45, 2.75) is 62.7 Å². The second-order valence-corrected chi connectivity index (χ2v) is 8.81. The summed E-state index contributed by atoms with van der Waals surface area (Å²) >= 11 is 1.52. The number of hydrogen-bond acceptors (Lipinski definition) is 9. The maximum absolute atomic E-state index is 12.9. The molecule has 0 saturated carbocycles. The zero-order valence-corrected chi connectivity index (χ0v) is 20.9. The van der Waals surface area contributed by atoms with Gasteiger partial charge in [-0.25, -0.2) is 4.79 Å². The number of unbranched alkanes of at least 4 members (excludes halogenated alkanes) is 1. The summed E-state index contributed by atoms with van der Waals surface area (Å²) in [7, 11) is 0. The highest BCUT2D eigenvalue weighted by Crippen LogP contribution is 2.05. The Labute approximate surface area is 209 Å². The van der Waals surface area contributed by atoms with Crippen LogP contribution in [0.4, 0.5) is 0 Å². The summed E-state index contributed by atoms with van der Waals surface area (Å²) < 4.78 is 0. The molecule has 0 rings (SSSR count). The molecular formula is C20H40N8O6S. The molecule has 0 saturated heterocycles. The number of carbonyl (C=O) groups excluding carboxylic acids is 3. The molecule has 13 N–H and O–H groups in total. The fourth-order valence-corrected chi connectivity index (χ4v) is 3.41. The minimum absolute atomic E-state index is 0.120. The fourth-order valence-electron chi connectivity index (χ4n) is 2.92. The number of carboxylic acid groups (broad SMARTS) is 1. The van der Waals surface area contributed by atoms with E-state index < -0.39 is 54.5 Å². The van der Waals surface area contributed by atoms with Crippen LogP contribution < -0.4 is 38.9 Å². The molecule has 0 aliphatic rings. The van der Waals surface area contributed by atoms with Gasteiger partial charge in [0.05, 0.1) is 12.6 Å². The van der Waals surface area contributed by atoms with Crippen LogP contribution in [0.1, 0.15) is 38.5 Å². The lowest BCUT2D eigenvalue weighted by Crippen LogP contribution is -2.58. The van der Waals surface area contributed by atoms with E-state index in [0.717, 1.165) is 0 Å². The van der Waals surface area contributed by atoms with Gasteiger partial charge in [-0.15, -0.1) is 0 Å². The van der Waals surface area contributed by atoms with Gasteiger partial charge in [-0.1, -0.05) is 0 Å². The van der Waals surface area contributed by atoms with Gasteiger partial charge in [0.1, 0.15) is 18.1 Å². The van der Waals surface area contributed by atoms with Gasteiger partial charge in [0.2, 0.25) is 17.7 Å². The second kappa shape index (κ2) is 18.7. The molecule has 15 heteroatoms. The van der Waals surface area contributed by atoms with Crippen LogP contribution in [0.25, 0.3) is 0 Å². The van der Waals surface area contributed by atoms with Crippen LogP contribution in [0.2, 0.25) is 0 Å². The smallest absolute Gasteiger partial charge is 0.326 e. The van der Waals surface area contributed by atoms with Crippen molar-refractivity contribution in [1.29, 1.82) is 0 Å². The van der Waals surface area contributed by atoms with E-state index in [0.29, 0.717) is 38.0 Å². The molecule has 0 spiro atoms. The van der Waals surface area contributed by atoms with Crippen molar-refractivity contribution in [2.24, 2.45) is 27.9 Å². The third-order valence-electron chi connectivity index (χ3n) is 4.93. The van der Waals surface area contributed by atoms with Gasteiger partial charge in [-0.2, -0.15) is 11.8 Å². The maximum Gasteiger partial charge on any atom is 0.326 e. The Kier molecular flexibility index (Phi) is 17.3. The van der Waals surface area contributed by atoms with E-state index in [4.69, 9.17) is 22.9 Å². The van der Waals surface area contributed by atoms with E-state index in [9.17, 15) is 29.4 Å². The summed E-state index contributed by atoms with van der Waals surface area (Å²) in [6, 6.07) is -4.55.